The highest BCUT2D eigenvalue weighted by Crippen LogP contribution is 2.24. The lowest BCUT2D eigenvalue weighted by atomic mass is 10.2. The van der Waals surface area contributed by atoms with Gasteiger partial charge in [0.15, 0.2) is 5.65 Å². The third-order valence-corrected chi connectivity index (χ3v) is 5.15. The van der Waals surface area contributed by atoms with Gasteiger partial charge in [-0.2, -0.15) is 0 Å². The summed E-state index contributed by atoms with van der Waals surface area (Å²) < 4.78 is 39.9. The van der Waals surface area contributed by atoms with Crippen molar-refractivity contribution >= 4 is 21.1 Å². The first kappa shape index (κ1) is 13.8. The quantitative estimate of drug-likeness (QED) is 0.731. The maximum absolute atomic E-state index is 13.5. The van der Waals surface area contributed by atoms with Crippen molar-refractivity contribution in [2.45, 2.75) is 18.7 Å². The first-order valence-corrected chi connectivity index (χ1v) is 7.79. The van der Waals surface area contributed by atoms with Crippen molar-refractivity contribution in [3.8, 4) is 0 Å². The number of hydrogen-bond donors (Lipinski definition) is 0. The Labute approximate surface area is 121 Å². The number of aromatic nitrogens is 2. The maximum atomic E-state index is 13.5. The van der Waals surface area contributed by atoms with Crippen LogP contribution in [0.5, 0.6) is 0 Å². The van der Waals surface area contributed by atoms with Crippen LogP contribution in [0.1, 0.15) is 11.1 Å². The second-order valence-corrected chi connectivity index (χ2v) is 6.71. The molecular weight excluding hydrogens is 291 g/mol. The predicted octanol–water partition coefficient (Wildman–Crippen LogP) is 3.03. The summed E-state index contributed by atoms with van der Waals surface area (Å²) in [6.45, 7) is 3.48. The van der Waals surface area contributed by atoms with E-state index in [4.69, 9.17) is 0 Å². The van der Waals surface area contributed by atoms with E-state index in [0.717, 1.165) is 15.7 Å². The Bertz CT molecular complexity index is 928. The summed E-state index contributed by atoms with van der Waals surface area (Å²) in [5, 5.41) is 0.491. The minimum atomic E-state index is -3.74. The molecule has 0 aliphatic carbocycles. The van der Waals surface area contributed by atoms with Crippen LogP contribution in [0.25, 0.3) is 11.0 Å². The number of benzene rings is 1. The zero-order valence-electron chi connectivity index (χ0n) is 11.5. The van der Waals surface area contributed by atoms with E-state index in [1.54, 1.807) is 37.3 Å². The topological polar surface area (TPSA) is 52.0 Å². The average Bonchev–Trinajstić information content (AvgIpc) is 2.89. The SMILES string of the molecule is Cc1ccc(S(=O)(=O)n2ccc3c(C)c(F)cnc32)cc1. The number of aryl methyl sites for hydroxylation is 2. The van der Waals surface area contributed by atoms with Gasteiger partial charge in [-0.25, -0.2) is 21.8 Å². The summed E-state index contributed by atoms with van der Waals surface area (Å²) in [7, 11) is -3.74. The summed E-state index contributed by atoms with van der Waals surface area (Å²) in [5.74, 6) is -0.451. The molecule has 0 radical (unpaired) electrons. The smallest absolute Gasteiger partial charge is 0.234 e. The molecule has 0 saturated carbocycles. The Morgan fingerprint density at radius 3 is 2.43 bits per heavy atom. The molecule has 108 valence electrons. The molecule has 0 saturated heterocycles. The molecule has 0 aliphatic rings. The van der Waals surface area contributed by atoms with Gasteiger partial charge in [0.1, 0.15) is 5.82 Å². The zero-order chi connectivity index (χ0) is 15.2. The Kier molecular flexibility index (Phi) is 3.06. The van der Waals surface area contributed by atoms with E-state index in [1.807, 2.05) is 6.92 Å². The van der Waals surface area contributed by atoms with Gasteiger partial charge in [0.2, 0.25) is 0 Å². The van der Waals surface area contributed by atoms with E-state index in [-0.39, 0.29) is 10.5 Å². The highest BCUT2D eigenvalue weighted by atomic mass is 32.2. The van der Waals surface area contributed by atoms with Crippen molar-refractivity contribution in [3.05, 3.63) is 59.7 Å². The maximum Gasteiger partial charge on any atom is 0.269 e. The van der Waals surface area contributed by atoms with E-state index in [0.29, 0.717) is 10.9 Å². The molecule has 0 fully saturated rings. The second-order valence-electron chi connectivity index (χ2n) is 4.90. The van der Waals surface area contributed by atoms with Gasteiger partial charge < -0.3 is 0 Å². The highest BCUT2D eigenvalue weighted by Gasteiger charge is 2.20. The number of hydrogen-bond acceptors (Lipinski definition) is 3. The van der Waals surface area contributed by atoms with Crippen LogP contribution in [0.3, 0.4) is 0 Å². The monoisotopic (exact) mass is 304 g/mol. The van der Waals surface area contributed by atoms with Crippen LogP contribution in [-0.2, 0) is 10.0 Å². The van der Waals surface area contributed by atoms with Gasteiger partial charge in [0, 0.05) is 11.6 Å². The third kappa shape index (κ3) is 2.12. The fraction of sp³-hybridized carbons (Fsp3) is 0.133. The molecule has 3 aromatic rings. The lowest BCUT2D eigenvalue weighted by Crippen LogP contribution is -2.12. The molecule has 0 atom stereocenters. The third-order valence-electron chi connectivity index (χ3n) is 3.47. The molecule has 0 N–H and O–H groups in total. The van der Waals surface area contributed by atoms with E-state index in [2.05, 4.69) is 4.98 Å². The average molecular weight is 304 g/mol. The summed E-state index contributed by atoms with van der Waals surface area (Å²) >= 11 is 0. The number of fused-ring (bicyclic) bond motifs is 1. The van der Waals surface area contributed by atoms with Crippen LogP contribution in [0, 0.1) is 19.7 Å². The van der Waals surface area contributed by atoms with Gasteiger partial charge in [-0.05, 0) is 37.6 Å². The zero-order valence-corrected chi connectivity index (χ0v) is 12.4. The molecule has 0 bridgehead atoms. The van der Waals surface area contributed by atoms with Gasteiger partial charge >= 0.3 is 0 Å². The molecule has 1 aromatic carbocycles. The van der Waals surface area contributed by atoms with Gasteiger partial charge in [0.05, 0.1) is 11.1 Å². The van der Waals surface area contributed by atoms with Gasteiger partial charge in [0.25, 0.3) is 10.0 Å². The number of pyridine rings is 1. The molecule has 0 spiro atoms. The van der Waals surface area contributed by atoms with Crippen LogP contribution in [0.15, 0.2) is 47.6 Å². The van der Waals surface area contributed by atoms with Crippen LogP contribution >= 0.6 is 0 Å². The van der Waals surface area contributed by atoms with Crippen LogP contribution in [0.2, 0.25) is 0 Å². The standard InChI is InChI=1S/C15H13FN2O2S/c1-10-3-5-12(6-4-10)21(19,20)18-8-7-13-11(2)14(16)9-17-15(13)18/h3-9H,1-2H3. The highest BCUT2D eigenvalue weighted by molar-refractivity contribution is 7.90. The Morgan fingerprint density at radius 2 is 1.76 bits per heavy atom. The van der Waals surface area contributed by atoms with Crippen LogP contribution in [-0.4, -0.2) is 17.4 Å². The molecule has 2 aromatic heterocycles. The van der Waals surface area contributed by atoms with Crippen molar-refractivity contribution < 1.29 is 12.8 Å². The number of nitrogens with zero attached hydrogens (tertiary/aromatic N) is 2. The molecule has 2 heterocycles. The van der Waals surface area contributed by atoms with E-state index >= 15 is 0 Å². The van der Waals surface area contributed by atoms with E-state index in [9.17, 15) is 12.8 Å². The van der Waals surface area contributed by atoms with Crippen LogP contribution < -0.4 is 0 Å². The van der Waals surface area contributed by atoms with Crippen molar-refractivity contribution in [1.82, 2.24) is 8.96 Å². The van der Waals surface area contributed by atoms with Crippen LogP contribution in [0.4, 0.5) is 4.39 Å². The molecule has 3 rings (SSSR count). The summed E-state index contributed by atoms with van der Waals surface area (Å²) in [4.78, 5) is 4.10. The van der Waals surface area contributed by atoms with Gasteiger partial charge in [-0.1, -0.05) is 17.7 Å². The molecule has 0 unspecified atom stereocenters. The van der Waals surface area contributed by atoms with Crippen molar-refractivity contribution in [2.24, 2.45) is 0 Å². The fourth-order valence-corrected chi connectivity index (χ4v) is 3.49. The van der Waals surface area contributed by atoms with Gasteiger partial charge in [-0.15, -0.1) is 0 Å². The molecule has 6 heteroatoms. The fourth-order valence-electron chi connectivity index (χ4n) is 2.19. The van der Waals surface area contributed by atoms with Crippen molar-refractivity contribution in [3.63, 3.8) is 0 Å². The number of rotatable bonds is 2. The Morgan fingerprint density at radius 1 is 1.10 bits per heavy atom. The summed E-state index contributed by atoms with van der Waals surface area (Å²) in [6, 6.07) is 8.13. The van der Waals surface area contributed by atoms with Gasteiger partial charge in [-0.3, -0.25) is 0 Å². The normalized spacial score (nSPS) is 12.0. The predicted molar refractivity (Wildman–Crippen MR) is 78.2 cm³/mol. The van der Waals surface area contributed by atoms with Crippen molar-refractivity contribution in [1.29, 1.82) is 0 Å². The molecule has 4 nitrogen and oxygen atoms in total. The molecule has 21 heavy (non-hydrogen) atoms. The lowest BCUT2D eigenvalue weighted by Gasteiger charge is -2.07. The minimum absolute atomic E-state index is 0.175. The largest absolute Gasteiger partial charge is 0.269 e. The van der Waals surface area contributed by atoms with E-state index in [1.165, 1.54) is 6.20 Å². The van der Waals surface area contributed by atoms with E-state index < -0.39 is 15.8 Å². The molecular formula is C15H13FN2O2S. The Balaban J connectivity index is 2.25. The number of halogens is 1. The molecule has 0 amide bonds. The summed E-state index contributed by atoms with van der Waals surface area (Å²) in [6.07, 6.45) is 2.44. The van der Waals surface area contributed by atoms with Crippen molar-refractivity contribution in [2.75, 3.05) is 0 Å². The Hall–Kier alpha value is -2.21. The first-order chi connectivity index (χ1) is 9.91. The summed E-state index contributed by atoms with van der Waals surface area (Å²) in [5.41, 5.74) is 1.59. The molecule has 0 aliphatic heterocycles. The minimum Gasteiger partial charge on any atom is -0.234 e. The first-order valence-electron chi connectivity index (χ1n) is 6.35. The lowest BCUT2D eigenvalue weighted by molar-refractivity contribution is 0.588. The second kappa shape index (κ2) is 4.66.